The SMILES string of the molecule is [CH2]C(C)Cc1cc(C#N)cs1. The first-order valence-electron chi connectivity index (χ1n) is 3.53. The molecule has 0 aliphatic carbocycles. The zero-order chi connectivity index (χ0) is 8.27. The van der Waals surface area contributed by atoms with E-state index in [-0.39, 0.29) is 0 Å². The molecule has 1 aromatic heterocycles. The number of nitriles is 1. The maximum atomic E-state index is 8.53. The molecule has 0 saturated heterocycles. The molecule has 1 radical (unpaired) electrons. The topological polar surface area (TPSA) is 23.8 Å². The fraction of sp³-hybridized carbons (Fsp3) is 0.333. The minimum Gasteiger partial charge on any atom is -0.192 e. The third-order valence-corrected chi connectivity index (χ3v) is 2.29. The molecule has 57 valence electrons. The van der Waals surface area contributed by atoms with Gasteiger partial charge in [-0.3, -0.25) is 0 Å². The van der Waals surface area contributed by atoms with Crippen LogP contribution in [-0.2, 0) is 6.42 Å². The first kappa shape index (κ1) is 8.29. The molecule has 0 saturated carbocycles. The Bertz CT molecular complexity index is 267. The van der Waals surface area contributed by atoms with Crippen molar-refractivity contribution < 1.29 is 0 Å². The molecule has 0 amide bonds. The van der Waals surface area contributed by atoms with E-state index in [1.807, 2.05) is 11.4 Å². The quantitative estimate of drug-likeness (QED) is 0.659. The van der Waals surface area contributed by atoms with Crippen LogP contribution < -0.4 is 0 Å². The summed E-state index contributed by atoms with van der Waals surface area (Å²) in [5, 5.41) is 10.4. The van der Waals surface area contributed by atoms with Crippen LogP contribution in [0.3, 0.4) is 0 Å². The average Bonchev–Trinajstić information content (AvgIpc) is 2.34. The average molecular weight is 164 g/mol. The first-order chi connectivity index (χ1) is 5.22. The molecular weight excluding hydrogens is 154 g/mol. The molecule has 1 aromatic rings. The highest BCUT2D eigenvalue weighted by atomic mass is 32.1. The molecular formula is C9H10NS. The van der Waals surface area contributed by atoms with Crippen molar-refractivity contribution in [3.05, 3.63) is 28.8 Å². The summed E-state index contributed by atoms with van der Waals surface area (Å²) >= 11 is 1.64. The standard InChI is InChI=1S/C9H10NS/c1-7(2)3-9-4-8(5-10)6-11-9/h4,6-7H,1,3H2,2H3. The van der Waals surface area contributed by atoms with Crippen LogP contribution in [-0.4, -0.2) is 0 Å². The number of hydrogen-bond donors (Lipinski definition) is 0. The Morgan fingerprint density at radius 2 is 2.55 bits per heavy atom. The minimum atomic E-state index is 0.431. The lowest BCUT2D eigenvalue weighted by molar-refractivity contribution is 0.728. The van der Waals surface area contributed by atoms with E-state index in [0.29, 0.717) is 5.92 Å². The molecule has 2 heteroatoms. The van der Waals surface area contributed by atoms with Gasteiger partial charge in [-0.15, -0.1) is 11.3 Å². The summed E-state index contributed by atoms with van der Waals surface area (Å²) in [5.74, 6) is 0.431. The third kappa shape index (κ3) is 2.36. The monoisotopic (exact) mass is 164 g/mol. The molecule has 0 aliphatic rings. The smallest absolute Gasteiger partial charge is 0.1000 e. The van der Waals surface area contributed by atoms with Gasteiger partial charge in [0, 0.05) is 10.3 Å². The normalized spacial score (nSPS) is 10.0. The predicted octanol–water partition coefficient (Wildman–Crippen LogP) is 2.63. The Morgan fingerprint density at radius 3 is 3.00 bits per heavy atom. The number of thiophene rings is 1. The van der Waals surface area contributed by atoms with Gasteiger partial charge in [0.25, 0.3) is 0 Å². The first-order valence-corrected chi connectivity index (χ1v) is 4.41. The molecule has 0 bridgehead atoms. The fourth-order valence-corrected chi connectivity index (χ4v) is 1.86. The fourth-order valence-electron chi connectivity index (χ4n) is 0.890. The van der Waals surface area contributed by atoms with Gasteiger partial charge < -0.3 is 0 Å². The van der Waals surface area contributed by atoms with Crippen LogP contribution in [0.5, 0.6) is 0 Å². The van der Waals surface area contributed by atoms with E-state index in [1.54, 1.807) is 11.3 Å². The zero-order valence-corrected chi connectivity index (χ0v) is 7.32. The van der Waals surface area contributed by atoms with Crippen molar-refractivity contribution in [1.29, 1.82) is 5.26 Å². The van der Waals surface area contributed by atoms with Crippen LogP contribution in [0.25, 0.3) is 0 Å². The van der Waals surface area contributed by atoms with Gasteiger partial charge in [0.05, 0.1) is 11.6 Å². The molecule has 0 aromatic carbocycles. The van der Waals surface area contributed by atoms with Gasteiger partial charge in [-0.05, 0) is 18.4 Å². The van der Waals surface area contributed by atoms with Gasteiger partial charge in [-0.1, -0.05) is 13.8 Å². The lowest BCUT2D eigenvalue weighted by Crippen LogP contribution is -1.90. The van der Waals surface area contributed by atoms with Crippen LogP contribution in [0, 0.1) is 24.2 Å². The lowest BCUT2D eigenvalue weighted by atomic mass is 10.1. The predicted molar refractivity (Wildman–Crippen MR) is 47.3 cm³/mol. The van der Waals surface area contributed by atoms with E-state index in [2.05, 4.69) is 19.9 Å². The van der Waals surface area contributed by atoms with E-state index in [1.165, 1.54) is 4.88 Å². The van der Waals surface area contributed by atoms with Crippen LogP contribution in [0.4, 0.5) is 0 Å². The second-order valence-electron chi connectivity index (χ2n) is 2.72. The second kappa shape index (κ2) is 3.54. The van der Waals surface area contributed by atoms with Crippen LogP contribution in [0.1, 0.15) is 17.4 Å². The van der Waals surface area contributed by atoms with Gasteiger partial charge in [0.2, 0.25) is 0 Å². The van der Waals surface area contributed by atoms with E-state index < -0.39 is 0 Å². The summed E-state index contributed by atoms with van der Waals surface area (Å²) in [5.41, 5.74) is 0.769. The summed E-state index contributed by atoms with van der Waals surface area (Å²) in [6.07, 6.45) is 0.979. The maximum absolute atomic E-state index is 8.53. The number of nitrogens with zero attached hydrogens (tertiary/aromatic N) is 1. The van der Waals surface area contributed by atoms with Gasteiger partial charge in [-0.25, -0.2) is 0 Å². The maximum Gasteiger partial charge on any atom is 0.1000 e. The van der Waals surface area contributed by atoms with Crippen LogP contribution >= 0.6 is 11.3 Å². The van der Waals surface area contributed by atoms with Crippen LogP contribution in [0.15, 0.2) is 11.4 Å². The Labute approximate surface area is 71.3 Å². The number of rotatable bonds is 2. The summed E-state index contributed by atoms with van der Waals surface area (Å²) in [6.45, 7) is 5.97. The van der Waals surface area contributed by atoms with E-state index in [0.717, 1.165) is 12.0 Å². The summed E-state index contributed by atoms with van der Waals surface area (Å²) < 4.78 is 0. The highest BCUT2D eigenvalue weighted by Crippen LogP contribution is 2.17. The number of hydrogen-bond acceptors (Lipinski definition) is 2. The van der Waals surface area contributed by atoms with Crippen molar-refractivity contribution >= 4 is 11.3 Å². The molecule has 0 aliphatic heterocycles. The van der Waals surface area contributed by atoms with Crippen molar-refractivity contribution in [2.75, 3.05) is 0 Å². The highest BCUT2D eigenvalue weighted by molar-refractivity contribution is 7.10. The molecule has 1 unspecified atom stereocenters. The van der Waals surface area contributed by atoms with Gasteiger partial charge >= 0.3 is 0 Å². The molecule has 1 heterocycles. The van der Waals surface area contributed by atoms with E-state index in [9.17, 15) is 0 Å². The Kier molecular flexibility index (Phi) is 2.67. The zero-order valence-electron chi connectivity index (χ0n) is 6.50. The molecule has 0 fully saturated rings. The summed E-state index contributed by atoms with van der Waals surface area (Å²) in [4.78, 5) is 1.25. The van der Waals surface area contributed by atoms with E-state index >= 15 is 0 Å². The summed E-state index contributed by atoms with van der Waals surface area (Å²) in [7, 11) is 0. The minimum absolute atomic E-state index is 0.431. The molecule has 0 N–H and O–H groups in total. The lowest BCUT2D eigenvalue weighted by Gasteiger charge is -1.98. The van der Waals surface area contributed by atoms with Crippen molar-refractivity contribution in [2.45, 2.75) is 13.3 Å². The third-order valence-electron chi connectivity index (χ3n) is 1.33. The van der Waals surface area contributed by atoms with Crippen molar-refractivity contribution in [3.8, 4) is 6.07 Å². The largest absolute Gasteiger partial charge is 0.192 e. The van der Waals surface area contributed by atoms with E-state index in [4.69, 9.17) is 5.26 Å². The second-order valence-corrected chi connectivity index (χ2v) is 3.72. The van der Waals surface area contributed by atoms with Crippen molar-refractivity contribution in [3.63, 3.8) is 0 Å². The Balaban J connectivity index is 2.67. The summed E-state index contributed by atoms with van der Waals surface area (Å²) in [6, 6.07) is 4.05. The van der Waals surface area contributed by atoms with Gasteiger partial charge in [0.1, 0.15) is 0 Å². The van der Waals surface area contributed by atoms with Crippen LogP contribution in [0.2, 0.25) is 0 Å². The molecule has 0 spiro atoms. The van der Waals surface area contributed by atoms with Crippen molar-refractivity contribution in [1.82, 2.24) is 0 Å². The molecule has 1 atom stereocenters. The molecule has 11 heavy (non-hydrogen) atoms. The highest BCUT2D eigenvalue weighted by Gasteiger charge is 2.00. The Morgan fingerprint density at radius 1 is 1.82 bits per heavy atom. The van der Waals surface area contributed by atoms with Gasteiger partial charge in [0.15, 0.2) is 0 Å². The molecule has 1 nitrogen and oxygen atoms in total. The van der Waals surface area contributed by atoms with Crippen molar-refractivity contribution in [2.24, 2.45) is 5.92 Å². The van der Waals surface area contributed by atoms with Gasteiger partial charge in [-0.2, -0.15) is 5.26 Å². The molecule has 1 rings (SSSR count). The Hall–Kier alpha value is -0.810.